The number of anilines is 1. The molecular weight excluding hydrogens is 450 g/mol. The van der Waals surface area contributed by atoms with E-state index in [9.17, 15) is 9.59 Å². The number of carbonyl (C=O) groups is 2. The van der Waals surface area contributed by atoms with Crippen LogP contribution >= 0.6 is 11.3 Å². The van der Waals surface area contributed by atoms with Crippen LogP contribution in [0.15, 0.2) is 48.1 Å². The van der Waals surface area contributed by atoms with Crippen LogP contribution in [-0.4, -0.2) is 77.5 Å². The van der Waals surface area contributed by atoms with E-state index in [0.29, 0.717) is 36.9 Å². The minimum Gasteiger partial charge on any atom is -0.481 e. The Morgan fingerprint density at radius 2 is 1.94 bits per heavy atom. The third kappa shape index (κ3) is 4.28. The van der Waals surface area contributed by atoms with Gasteiger partial charge >= 0.3 is 0 Å². The summed E-state index contributed by atoms with van der Waals surface area (Å²) in [5.41, 5.74) is 3.87. The molecule has 1 unspecified atom stereocenters. The second kappa shape index (κ2) is 9.52. The van der Waals surface area contributed by atoms with Crippen molar-refractivity contribution in [2.24, 2.45) is 0 Å². The number of methoxy groups -OCH3 is 1. The standard InChI is InChI=1S/C25H27N5O3S/c1-17-6-7-26-23(33-2)22(17)18-4-3-5-19(14-18)30-16-20(15-21(30)31)28-9-11-29(12-10-28)25(32)24-27-8-13-34-24/h3-8,13-14,20H,9-12,15-16H2,1-2H3. The van der Waals surface area contributed by atoms with Crippen LogP contribution in [-0.2, 0) is 4.79 Å². The molecule has 1 atom stereocenters. The number of thiazole rings is 1. The number of rotatable bonds is 5. The van der Waals surface area contributed by atoms with Crippen molar-refractivity contribution < 1.29 is 14.3 Å². The van der Waals surface area contributed by atoms with Crippen LogP contribution in [0.2, 0.25) is 0 Å². The molecule has 176 valence electrons. The van der Waals surface area contributed by atoms with E-state index in [1.54, 1.807) is 19.5 Å². The molecule has 0 N–H and O–H groups in total. The molecule has 0 radical (unpaired) electrons. The first-order chi connectivity index (χ1) is 16.5. The summed E-state index contributed by atoms with van der Waals surface area (Å²) >= 11 is 1.37. The second-order valence-corrected chi connectivity index (χ2v) is 9.48. The van der Waals surface area contributed by atoms with Gasteiger partial charge in [-0.3, -0.25) is 14.5 Å². The minimum atomic E-state index is -0.00304. The zero-order chi connectivity index (χ0) is 23.7. The number of ether oxygens (including phenoxy) is 1. The maximum Gasteiger partial charge on any atom is 0.282 e. The Kier molecular flexibility index (Phi) is 6.30. The molecule has 9 heteroatoms. The van der Waals surface area contributed by atoms with Gasteiger partial charge in [-0.2, -0.15) is 0 Å². The fraction of sp³-hybridized carbons (Fsp3) is 0.360. The van der Waals surface area contributed by atoms with E-state index in [-0.39, 0.29) is 17.9 Å². The molecule has 4 heterocycles. The van der Waals surface area contributed by atoms with E-state index in [2.05, 4.69) is 14.9 Å². The first-order valence-electron chi connectivity index (χ1n) is 11.4. The fourth-order valence-corrected chi connectivity index (χ4v) is 5.41. The van der Waals surface area contributed by atoms with Crippen molar-refractivity contribution in [2.45, 2.75) is 19.4 Å². The van der Waals surface area contributed by atoms with Gasteiger partial charge < -0.3 is 14.5 Å². The predicted molar refractivity (Wildman–Crippen MR) is 131 cm³/mol. The van der Waals surface area contributed by atoms with E-state index in [1.807, 2.05) is 52.4 Å². The maximum atomic E-state index is 13.0. The number of amides is 2. The first kappa shape index (κ1) is 22.5. The van der Waals surface area contributed by atoms with Gasteiger partial charge in [-0.25, -0.2) is 9.97 Å². The Bertz CT molecular complexity index is 1190. The highest BCUT2D eigenvalue weighted by Crippen LogP contribution is 2.34. The van der Waals surface area contributed by atoms with Gasteiger partial charge in [-0.1, -0.05) is 12.1 Å². The lowest BCUT2D eigenvalue weighted by atomic mass is 10.0. The summed E-state index contributed by atoms with van der Waals surface area (Å²) in [6.45, 7) is 5.50. The summed E-state index contributed by atoms with van der Waals surface area (Å²) in [5.74, 6) is 0.697. The van der Waals surface area contributed by atoms with Crippen LogP contribution in [0.25, 0.3) is 11.1 Å². The maximum absolute atomic E-state index is 13.0. The molecule has 8 nitrogen and oxygen atoms in total. The molecule has 3 aromatic rings. The van der Waals surface area contributed by atoms with Gasteiger partial charge in [0.1, 0.15) is 0 Å². The van der Waals surface area contributed by atoms with Crippen LogP contribution in [0.5, 0.6) is 5.88 Å². The highest BCUT2D eigenvalue weighted by molar-refractivity contribution is 7.11. The molecule has 2 aromatic heterocycles. The third-order valence-electron chi connectivity index (χ3n) is 6.60. The third-order valence-corrected chi connectivity index (χ3v) is 7.36. The molecule has 2 saturated heterocycles. The first-order valence-corrected chi connectivity index (χ1v) is 12.3. The number of hydrogen-bond donors (Lipinski definition) is 0. The molecule has 5 rings (SSSR count). The van der Waals surface area contributed by atoms with Gasteiger partial charge in [0.05, 0.1) is 7.11 Å². The lowest BCUT2D eigenvalue weighted by Gasteiger charge is -2.37. The molecule has 2 aliphatic rings. The smallest absolute Gasteiger partial charge is 0.282 e. The Labute approximate surface area is 202 Å². The number of benzene rings is 1. The topological polar surface area (TPSA) is 78.9 Å². The number of pyridine rings is 1. The molecule has 2 amide bonds. The summed E-state index contributed by atoms with van der Waals surface area (Å²) in [5, 5.41) is 2.36. The van der Waals surface area contributed by atoms with Crippen molar-refractivity contribution in [3.05, 3.63) is 58.7 Å². The summed E-state index contributed by atoms with van der Waals surface area (Å²) in [4.78, 5) is 40.1. The largest absolute Gasteiger partial charge is 0.481 e. The molecule has 0 spiro atoms. The van der Waals surface area contributed by atoms with Crippen LogP contribution in [0.1, 0.15) is 21.8 Å². The van der Waals surface area contributed by atoms with Gasteiger partial charge in [0.15, 0.2) is 5.01 Å². The van der Waals surface area contributed by atoms with Crippen LogP contribution in [0.4, 0.5) is 5.69 Å². The molecule has 0 aliphatic carbocycles. The monoisotopic (exact) mass is 477 g/mol. The van der Waals surface area contributed by atoms with Crippen molar-refractivity contribution in [1.29, 1.82) is 0 Å². The van der Waals surface area contributed by atoms with Gasteiger partial charge in [0.25, 0.3) is 5.91 Å². The lowest BCUT2D eigenvalue weighted by Crippen LogP contribution is -2.52. The Morgan fingerprint density at radius 3 is 2.68 bits per heavy atom. The Morgan fingerprint density at radius 1 is 1.12 bits per heavy atom. The van der Waals surface area contributed by atoms with Crippen LogP contribution < -0.4 is 9.64 Å². The molecule has 0 saturated carbocycles. The van der Waals surface area contributed by atoms with Crippen LogP contribution in [0.3, 0.4) is 0 Å². The van der Waals surface area contributed by atoms with Crippen LogP contribution in [0, 0.1) is 6.92 Å². The van der Waals surface area contributed by atoms with E-state index >= 15 is 0 Å². The zero-order valence-electron chi connectivity index (χ0n) is 19.3. The van der Waals surface area contributed by atoms with Crippen molar-refractivity contribution in [2.75, 3.05) is 44.7 Å². The number of aryl methyl sites for hydroxylation is 1. The summed E-state index contributed by atoms with van der Waals surface area (Å²) < 4.78 is 5.48. The molecule has 1 aromatic carbocycles. The minimum absolute atomic E-state index is 0.00304. The number of carbonyl (C=O) groups excluding carboxylic acids is 2. The SMILES string of the molecule is COc1nccc(C)c1-c1cccc(N2CC(N3CCN(C(=O)c4nccs4)CC3)CC2=O)c1. The number of hydrogen-bond acceptors (Lipinski definition) is 7. The van der Waals surface area contributed by atoms with Gasteiger partial charge in [-0.15, -0.1) is 11.3 Å². The normalized spacial score (nSPS) is 19.0. The summed E-state index contributed by atoms with van der Waals surface area (Å²) in [6.07, 6.45) is 3.88. The number of piperazine rings is 1. The van der Waals surface area contributed by atoms with Crippen molar-refractivity contribution in [3.8, 4) is 17.0 Å². The average molecular weight is 478 g/mol. The molecule has 2 fully saturated rings. The number of aromatic nitrogens is 2. The predicted octanol–water partition coefficient (Wildman–Crippen LogP) is 3.09. The summed E-state index contributed by atoms with van der Waals surface area (Å²) in [6, 6.07) is 10.1. The van der Waals surface area contributed by atoms with E-state index in [0.717, 1.165) is 35.5 Å². The van der Waals surface area contributed by atoms with E-state index < -0.39 is 0 Å². The van der Waals surface area contributed by atoms with Gasteiger partial charge in [0, 0.05) is 74.2 Å². The molecular formula is C25H27N5O3S. The van der Waals surface area contributed by atoms with Crippen molar-refractivity contribution in [1.82, 2.24) is 19.8 Å². The number of nitrogens with zero attached hydrogens (tertiary/aromatic N) is 5. The fourth-order valence-electron chi connectivity index (χ4n) is 4.81. The van der Waals surface area contributed by atoms with Gasteiger partial charge in [-0.05, 0) is 36.2 Å². The zero-order valence-corrected chi connectivity index (χ0v) is 20.1. The molecule has 0 bridgehead atoms. The second-order valence-electron chi connectivity index (χ2n) is 8.59. The Balaban J connectivity index is 1.28. The molecule has 2 aliphatic heterocycles. The Hall–Kier alpha value is -3.30. The van der Waals surface area contributed by atoms with Crippen molar-refractivity contribution in [3.63, 3.8) is 0 Å². The highest BCUT2D eigenvalue weighted by atomic mass is 32.1. The van der Waals surface area contributed by atoms with E-state index in [4.69, 9.17) is 4.74 Å². The van der Waals surface area contributed by atoms with Gasteiger partial charge in [0.2, 0.25) is 11.8 Å². The van der Waals surface area contributed by atoms with E-state index in [1.165, 1.54) is 11.3 Å². The highest BCUT2D eigenvalue weighted by Gasteiger charge is 2.36. The quantitative estimate of drug-likeness (QED) is 0.562. The average Bonchev–Trinajstić information content (AvgIpc) is 3.54. The van der Waals surface area contributed by atoms with Crippen molar-refractivity contribution >= 4 is 28.8 Å². The summed E-state index contributed by atoms with van der Waals surface area (Å²) in [7, 11) is 1.62. The molecule has 34 heavy (non-hydrogen) atoms. The lowest BCUT2D eigenvalue weighted by molar-refractivity contribution is -0.117.